The van der Waals surface area contributed by atoms with E-state index in [2.05, 4.69) is 10.6 Å². The number of hydrogen-bond acceptors (Lipinski definition) is 3. The number of hydrogen-bond donors (Lipinski definition) is 3. The van der Waals surface area contributed by atoms with Crippen LogP contribution in [-0.2, 0) is 14.4 Å². The van der Waals surface area contributed by atoms with Crippen LogP contribution < -0.4 is 16.4 Å². The number of amides is 3. The number of nitrogens with one attached hydrogen (secondary N) is 2. The Morgan fingerprint density at radius 3 is 2.60 bits per heavy atom. The minimum absolute atomic E-state index is 0.139. The average Bonchev–Trinajstić information content (AvgIpc) is 2.20. The van der Waals surface area contributed by atoms with Crippen molar-refractivity contribution >= 4 is 18.2 Å². The standard InChI is InChI=1S/C9H17N3O3/c1-2-3-4-7(9(10)15)12-8(14)5-11-6-13/h6-7H,2-5H2,1H3,(H2,10,15)(H,11,13)(H,12,14). The highest BCUT2D eigenvalue weighted by molar-refractivity contribution is 5.87. The molecule has 0 fully saturated rings. The molecular weight excluding hydrogens is 198 g/mol. The van der Waals surface area contributed by atoms with Crippen molar-refractivity contribution in [3.8, 4) is 0 Å². The van der Waals surface area contributed by atoms with E-state index in [-0.39, 0.29) is 6.54 Å². The zero-order valence-corrected chi connectivity index (χ0v) is 8.79. The van der Waals surface area contributed by atoms with E-state index >= 15 is 0 Å². The normalized spacial score (nSPS) is 11.5. The van der Waals surface area contributed by atoms with Gasteiger partial charge >= 0.3 is 0 Å². The van der Waals surface area contributed by atoms with Crippen molar-refractivity contribution in [1.29, 1.82) is 0 Å². The van der Waals surface area contributed by atoms with Gasteiger partial charge < -0.3 is 16.4 Å². The van der Waals surface area contributed by atoms with Gasteiger partial charge in [-0.1, -0.05) is 19.8 Å². The van der Waals surface area contributed by atoms with Crippen LogP contribution in [0.25, 0.3) is 0 Å². The van der Waals surface area contributed by atoms with Gasteiger partial charge in [0.15, 0.2) is 0 Å². The minimum Gasteiger partial charge on any atom is -0.368 e. The van der Waals surface area contributed by atoms with Crippen LogP contribution in [0, 0.1) is 0 Å². The molecule has 6 heteroatoms. The summed E-state index contributed by atoms with van der Waals surface area (Å²) in [5.41, 5.74) is 5.11. The Labute approximate surface area is 88.6 Å². The van der Waals surface area contributed by atoms with Gasteiger partial charge in [0.1, 0.15) is 6.04 Å². The Morgan fingerprint density at radius 1 is 1.47 bits per heavy atom. The fourth-order valence-electron chi connectivity index (χ4n) is 1.07. The molecule has 86 valence electrons. The van der Waals surface area contributed by atoms with E-state index in [1.54, 1.807) is 0 Å². The second-order valence-corrected chi connectivity index (χ2v) is 3.16. The largest absolute Gasteiger partial charge is 0.368 e. The average molecular weight is 215 g/mol. The second kappa shape index (κ2) is 7.78. The molecule has 0 aromatic rings. The molecule has 0 aliphatic rings. The van der Waals surface area contributed by atoms with E-state index in [0.29, 0.717) is 12.8 Å². The summed E-state index contributed by atoms with van der Waals surface area (Å²) >= 11 is 0. The molecule has 6 nitrogen and oxygen atoms in total. The van der Waals surface area contributed by atoms with E-state index in [9.17, 15) is 14.4 Å². The summed E-state index contributed by atoms with van der Waals surface area (Å²) in [5.74, 6) is -0.968. The second-order valence-electron chi connectivity index (χ2n) is 3.16. The number of carbonyl (C=O) groups excluding carboxylic acids is 3. The summed E-state index contributed by atoms with van der Waals surface area (Å²) in [4.78, 5) is 32.0. The van der Waals surface area contributed by atoms with E-state index < -0.39 is 17.9 Å². The highest BCUT2D eigenvalue weighted by atomic mass is 16.2. The smallest absolute Gasteiger partial charge is 0.240 e. The molecule has 0 bridgehead atoms. The number of carbonyl (C=O) groups is 3. The van der Waals surface area contributed by atoms with Crippen molar-refractivity contribution in [1.82, 2.24) is 10.6 Å². The van der Waals surface area contributed by atoms with E-state index in [0.717, 1.165) is 12.8 Å². The lowest BCUT2D eigenvalue weighted by atomic mass is 10.1. The Hall–Kier alpha value is -1.59. The summed E-state index contributed by atoms with van der Waals surface area (Å²) in [7, 11) is 0. The Balaban J connectivity index is 3.98. The zero-order chi connectivity index (χ0) is 11.7. The first-order chi connectivity index (χ1) is 7.11. The summed E-state index contributed by atoms with van der Waals surface area (Å²) in [6.07, 6.45) is 2.69. The lowest BCUT2D eigenvalue weighted by Gasteiger charge is -2.14. The van der Waals surface area contributed by atoms with Crippen LogP contribution in [0.2, 0.25) is 0 Å². The van der Waals surface area contributed by atoms with Gasteiger partial charge in [0.2, 0.25) is 18.2 Å². The molecule has 1 atom stereocenters. The van der Waals surface area contributed by atoms with Gasteiger partial charge in [0, 0.05) is 0 Å². The first kappa shape index (κ1) is 13.4. The van der Waals surface area contributed by atoms with Crippen molar-refractivity contribution in [2.75, 3.05) is 6.54 Å². The van der Waals surface area contributed by atoms with Crippen LogP contribution in [0.5, 0.6) is 0 Å². The van der Waals surface area contributed by atoms with Gasteiger partial charge in [0.05, 0.1) is 6.54 Å². The molecule has 0 heterocycles. The molecule has 0 aliphatic carbocycles. The molecule has 15 heavy (non-hydrogen) atoms. The van der Waals surface area contributed by atoms with Crippen molar-refractivity contribution in [2.24, 2.45) is 5.73 Å². The van der Waals surface area contributed by atoms with Crippen molar-refractivity contribution < 1.29 is 14.4 Å². The highest BCUT2D eigenvalue weighted by Gasteiger charge is 2.16. The molecule has 0 rings (SSSR count). The minimum atomic E-state index is -0.647. The SMILES string of the molecule is CCCCC(NC(=O)CNC=O)C(N)=O. The third kappa shape index (κ3) is 6.48. The fraction of sp³-hybridized carbons (Fsp3) is 0.667. The molecule has 0 aromatic heterocycles. The van der Waals surface area contributed by atoms with Crippen LogP contribution in [0.4, 0.5) is 0 Å². The summed E-state index contributed by atoms with van der Waals surface area (Å²) in [5, 5.41) is 4.65. The van der Waals surface area contributed by atoms with Crippen LogP contribution in [0.15, 0.2) is 0 Å². The predicted molar refractivity (Wildman–Crippen MR) is 54.7 cm³/mol. The maximum absolute atomic E-state index is 11.1. The highest BCUT2D eigenvalue weighted by Crippen LogP contribution is 1.99. The number of primary amides is 1. The third-order valence-electron chi connectivity index (χ3n) is 1.87. The van der Waals surface area contributed by atoms with Gasteiger partial charge in [-0.3, -0.25) is 14.4 Å². The van der Waals surface area contributed by atoms with Crippen molar-refractivity contribution in [3.05, 3.63) is 0 Å². The summed E-state index contributed by atoms with van der Waals surface area (Å²) in [6.45, 7) is 1.84. The summed E-state index contributed by atoms with van der Waals surface area (Å²) in [6, 6.07) is -0.647. The van der Waals surface area contributed by atoms with E-state index in [1.165, 1.54) is 0 Å². The molecule has 4 N–H and O–H groups in total. The lowest BCUT2D eigenvalue weighted by Crippen LogP contribution is -2.47. The topological polar surface area (TPSA) is 101 Å². The quantitative estimate of drug-likeness (QED) is 0.447. The molecule has 0 radical (unpaired) electrons. The van der Waals surface area contributed by atoms with Gasteiger partial charge in [-0.05, 0) is 6.42 Å². The van der Waals surface area contributed by atoms with Gasteiger partial charge in [0.25, 0.3) is 0 Å². The predicted octanol–water partition coefficient (Wildman–Crippen LogP) is -1.11. The van der Waals surface area contributed by atoms with Crippen molar-refractivity contribution in [2.45, 2.75) is 32.2 Å². The Morgan fingerprint density at radius 2 is 2.13 bits per heavy atom. The molecule has 0 aromatic carbocycles. The molecule has 0 saturated heterocycles. The van der Waals surface area contributed by atoms with E-state index in [1.807, 2.05) is 6.92 Å². The van der Waals surface area contributed by atoms with Gasteiger partial charge in [-0.2, -0.15) is 0 Å². The lowest BCUT2D eigenvalue weighted by molar-refractivity contribution is -0.127. The first-order valence-corrected chi connectivity index (χ1v) is 4.87. The fourth-order valence-corrected chi connectivity index (χ4v) is 1.07. The molecular formula is C9H17N3O3. The molecule has 0 spiro atoms. The van der Waals surface area contributed by atoms with Crippen LogP contribution in [-0.4, -0.2) is 30.8 Å². The third-order valence-corrected chi connectivity index (χ3v) is 1.87. The molecule has 1 unspecified atom stereocenters. The monoisotopic (exact) mass is 215 g/mol. The van der Waals surface area contributed by atoms with Crippen LogP contribution >= 0.6 is 0 Å². The molecule has 0 saturated carbocycles. The Bertz CT molecular complexity index is 231. The maximum atomic E-state index is 11.1. The molecule has 0 aliphatic heterocycles. The Kier molecular flexibility index (Phi) is 6.96. The maximum Gasteiger partial charge on any atom is 0.240 e. The summed E-state index contributed by atoms with van der Waals surface area (Å²) < 4.78 is 0. The van der Waals surface area contributed by atoms with Crippen LogP contribution in [0.1, 0.15) is 26.2 Å². The van der Waals surface area contributed by atoms with Crippen molar-refractivity contribution in [3.63, 3.8) is 0 Å². The number of unbranched alkanes of at least 4 members (excludes halogenated alkanes) is 1. The van der Waals surface area contributed by atoms with Crippen LogP contribution in [0.3, 0.4) is 0 Å². The molecule has 3 amide bonds. The number of rotatable bonds is 8. The van der Waals surface area contributed by atoms with Gasteiger partial charge in [-0.25, -0.2) is 0 Å². The number of nitrogens with two attached hydrogens (primary N) is 1. The first-order valence-electron chi connectivity index (χ1n) is 4.87. The zero-order valence-electron chi connectivity index (χ0n) is 8.79. The van der Waals surface area contributed by atoms with E-state index in [4.69, 9.17) is 5.73 Å². The van der Waals surface area contributed by atoms with Gasteiger partial charge in [-0.15, -0.1) is 0 Å².